The number of unbranched alkanes of at least 4 members (excludes halogenated alkanes) is 45. The Labute approximate surface area is 412 Å². The van der Waals surface area contributed by atoms with Gasteiger partial charge in [0.1, 0.15) is 0 Å². The van der Waals surface area contributed by atoms with E-state index in [-0.39, 0.29) is 18.5 Å². The van der Waals surface area contributed by atoms with Crippen molar-refractivity contribution < 1.29 is 24.5 Å². The molecule has 0 heterocycles. The van der Waals surface area contributed by atoms with E-state index >= 15 is 0 Å². The van der Waals surface area contributed by atoms with Crippen LogP contribution in [0.25, 0.3) is 0 Å². The number of ether oxygens (including phenoxy) is 1. The second-order valence-electron chi connectivity index (χ2n) is 20.7. The zero-order valence-corrected chi connectivity index (χ0v) is 44.7. The molecule has 3 N–H and O–H groups in total. The largest absolute Gasteiger partial charge is 0.466 e. The van der Waals surface area contributed by atoms with Crippen molar-refractivity contribution in [2.75, 3.05) is 13.2 Å². The van der Waals surface area contributed by atoms with Gasteiger partial charge in [0.2, 0.25) is 5.91 Å². The number of amides is 1. The average Bonchev–Trinajstić information content (AvgIpc) is 3.32. The fraction of sp³-hybridized carbons (Fsp3) is 0.933. The standard InChI is InChI=1S/C60H117NO5/c1-3-5-7-9-11-13-15-17-19-21-22-23-24-25-26-27-29-32-36-40-44-48-52-58(63)57(56-62)61-59(64)53-49-45-41-37-33-31-35-39-43-47-51-55-66-60(65)54-50-46-42-38-34-30-28-20-18-16-14-12-10-8-6-4-2/h48,52,57-58,62-63H,3-47,49-51,53-56H2,1-2H3,(H,61,64)/b52-48+. The highest BCUT2D eigenvalue weighted by molar-refractivity contribution is 5.76. The molecule has 0 spiro atoms. The maximum atomic E-state index is 12.5. The van der Waals surface area contributed by atoms with Crippen LogP contribution < -0.4 is 5.32 Å². The van der Waals surface area contributed by atoms with Crippen molar-refractivity contribution in [2.45, 2.75) is 347 Å². The minimum atomic E-state index is -0.857. The van der Waals surface area contributed by atoms with Gasteiger partial charge in [0.25, 0.3) is 0 Å². The van der Waals surface area contributed by atoms with Gasteiger partial charge in [0, 0.05) is 12.8 Å². The maximum absolute atomic E-state index is 12.5. The summed E-state index contributed by atoms with van der Waals surface area (Å²) in [4.78, 5) is 24.6. The highest BCUT2D eigenvalue weighted by atomic mass is 16.5. The monoisotopic (exact) mass is 932 g/mol. The van der Waals surface area contributed by atoms with E-state index in [9.17, 15) is 19.8 Å². The Morgan fingerprint density at radius 2 is 0.697 bits per heavy atom. The minimum absolute atomic E-state index is 0.0109. The lowest BCUT2D eigenvalue weighted by molar-refractivity contribution is -0.143. The number of hydrogen-bond donors (Lipinski definition) is 3. The van der Waals surface area contributed by atoms with Crippen LogP contribution in [0.3, 0.4) is 0 Å². The van der Waals surface area contributed by atoms with Crippen LogP contribution in [0.4, 0.5) is 0 Å². The first-order chi connectivity index (χ1) is 32.5. The number of aliphatic hydroxyl groups is 2. The maximum Gasteiger partial charge on any atom is 0.305 e. The molecule has 1 amide bonds. The van der Waals surface area contributed by atoms with Gasteiger partial charge < -0.3 is 20.3 Å². The molecular weight excluding hydrogens is 815 g/mol. The molecule has 0 rings (SSSR count). The van der Waals surface area contributed by atoms with E-state index < -0.39 is 12.1 Å². The van der Waals surface area contributed by atoms with Crippen LogP contribution in [0.5, 0.6) is 0 Å². The first kappa shape index (κ1) is 64.6. The average molecular weight is 933 g/mol. The lowest BCUT2D eigenvalue weighted by atomic mass is 10.0. The lowest BCUT2D eigenvalue weighted by Gasteiger charge is -2.20. The molecule has 0 fully saturated rings. The van der Waals surface area contributed by atoms with E-state index in [4.69, 9.17) is 4.74 Å². The Balaban J connectivity index is 3.47. The molecule has 0 aromatic heterocycles. The smallest absolute Gasteiger partial charge is 0.305 e. The molecule has 0 aliphatic rings. The summed E-state index contributed by atoms with van der Waals surface area (Å²) < 4.78 is 5.48. The van der Waals surface area contributed by atoms with Gasteiger partial charge in [-0.2, -0.15) is 0 Å². The molecule has 0 saturated carbocycles. The molecule has 392 valence electrons. The highest BCUT2D eigenvalue weighted by Gasteiger charge is 2.18. The first-order valence-electron chi connectivity index (χ1n) is 30.0. The van der Waals surface area contributed by atoms with Gasteiger partial charge in [-0.05, 0) is 32.1 Å². The van der Waals surface area contributed by atoms with Crippen molar-refractivity contribution in [2.24, 2.45) is 0 Å². The van der Waals surface area contributed by atoms with Crippen LogP contribution >= 0.6 is 0 Å². The summed E-state index contributed by atoms with van der Waals surface area (Å²) in [6, 6.07) is -0.642. The number of rotatable bonds is 56. The van der Waals surface area contributed by atoms with E-state index in [0.717, 1.165) is 57.8 Å². The van der Waals surface area contributed by atoms with Crippen LogP contribution in [0.15, 0.2) is 12.2 Å². The quantitative estimate of drug-likeness (QED) is 0.0321. The summed E-state index contributed by atoms with van der Waals surface area (Å²) in [6.45, 7) is 4.89. The molecular formula is C60H117NO5. The van der Waals surface area contributed by atoms with Crippen molar-refractivity contribution in [3.8, 4) is 0 Å². The first-order valence-corrected chi connectivity index (χ1v) is 30.0. The van der Waals surface area contributed by atoms with Crippen LogP contribution in [-0.2, 0) is 14.3 Å². The molecule has 6 heteroatoms. The number of aliphatic hydroxyl groups excluding tert-OH is 2. The fourth-order valence-corrected chi connectivity index (χ4v) is 9.46. The zero-order valence-electron chi connectivity index (χ0n) is 44.7. The normalized spacial score (nSPS) is 12.6. The Kier molecular flexibility index (Phi) is 55.0. The van der Waals surface area contributed by atoms with Crippen molar-refractivity contribution in [3.05, 3.63) is 12.2 Å². The van der Waals surface area contributed by atoms with Gasteiger partial charge in [0.15, 0.2) is 0 Å². The van der Waals surface area contributed by atoms with Gasteiger partial charge in [-0.15, -0.1) is 0 Å². The number of hydrogen-bond acceptors (Lipinski definition) is 5. The summed E-state index contributed by atoms with van der Waals surface area (Å²) in [5.74, 6) is -0.0935. The highest BCUT2D eigenvalue weighted by Crippen LogP contribution is 2.18. The Morgan fingerprint density at radius 3 is 1.03 bits per heavy atom. The molecule has 2 atom stereocenters. The van der Waals surface area contributed by atoms with E-state index in [2.05, 4.69) is 19.2 Å². The van der Waals surface area contributed by atoms with Gasteiger partial charge in [-0.3, -0.25) is 9.59 Å². The fourth-order valence-electron chi connectivity index (χ4n) is 9.46. The molecule has 0 bridgehead atoms. The Morgan fingerprint density at radius 1 is 0.409 bits per heavy atom. The Bertz CT molecular complexity index is 986. The molecule has 0 aromatic carbocycles. The van der Waals surface area contributed by atoms with E-state index in [0.29, 0.717) is 19.4 Å². The number of allylic oxidation sites excluding steroid dienone is 1. The van der Waals surface area contributed by atoms with Crippen molar-refractivity contribution >= 4 is 11.9 Å². The van der Waals surface area contributed by atoms with Crippen LogP contribution in [0.2, 0.25) is 0 Å². The number of carbonyl (C=O) groups excluding carboxylic acids is 2. The van der Waals surface area contributed by atoms with E-state index in [1.807, 2.05) is 6.08 Å². The third-order valence-electron chi connectivity index (χ3n) is 14.1. The Hall–Kier alpha value is -1.40. The number of nitrogens with one attached hydrogen (secondary N) is 1. The molecule has 0 radical (unpaired) electrons. The third kappa shape index (κ3) is 52.0. The molecule has 2 unspecified atom stereocenters. The van der Waals surface area contributed by atoms with Gasteiger partial charge >= 0.3 is 5.97 Å². The molecule has 0 aromatic rings. The summed E-state index contributed by atoms with van der Waals surface area (Å²) in [7, 11) is 0. The summed E-state index contributed by atoms with van der Waals surface area (Å²) >= 11 is 0. The van der Waals surface area contributed by atoms with Gasteiger partial charge in [-0.1, -0.05) is 302 Å². The number of esters is 1. The SMILES string of the molecule is CCCCCCCCCCCCCCCCCCCCCC/C=C/C(O)C(CO)NC(=O)CCCCCCCCCCCCCOC(=O)CCCCCCCCCCCCCCCCCC. The minimum Gasteiger partial charge on any atom is -0.466 e. The van der Waals surface area contributed by atoms with Crippen LogP contribution in [-0.4, -0.2) is 47.4 Å². The second-order valence-corrected chi connectivity index (χ2v) is 20.7. The summed E-state index contributed by atoms with van der Waals surface area (Å²) in [6.07, 6.45) is 66.6. The van der Waals surface area contributed by atoms with E-state index in [1.54, 1.807) is 6.08 Å². The zero-order chi connectivity index (χ0) is 47.9. The van der Waals surface area contributed by atoms with Gasteiger partial charge in [0.05, 0.1) is 25.4 Å². The summed E-state index contributed by atoms with van der Waals surface area (Å²) in [5.41, 5.74) is 0. The summed E-state index contributed by atoms with van der Waals surface area (Å²) in [5, 5.41) is 23.2. The second kappa shape index (κ2) is 56.2. The lowest BCUT2D eigenvalue weighted by Crippen LogP contribution is -2.45. The molecule has 0 aliphatic heterocycles. The van der Waals surface area contributed by atoms with Crippen molar-refractivity contribution in [1.82, 2.24) is 5.32 Å². The number of carbonyl (C=O) groups is 2. The van der Waals surface area contributed by atoms with Crippen LogP contribution in [0, 0.1) is 0 Å². The van der Waals surface area contributed by atoms with Gasteiger partial charge in [-0.25, -0.2) is 0 Å². The van der Waals surface area contributed by atoms with Crippen molar-refractivity contribution in [3.63, 3.8) is 0 Å². The predicted molar refractivity (Wildman–Crippen MR) is 287 cm³/mol. The van der Waals surface area contributed by atoms with Crippen LogP contribution in [0.1, 0.15) is 335 Å². The molecule has 6 nitrogen and oxygen atoms in total. The van der Waals surface area contributed by atoms with E-state index in [1.165, 1.54) is 250 Å². The van der Waals surface area contributed by atoms with Crippen molar-refractivity contribution in [1.29, 1.82) is 0 Å². The predicted octanol–water partition coefficient (Wildman–Crippen LogP) is 18.5. The molecule has 0 saturated heterocycles. The molecule has 66 heavy (non-hydrogen) atoms. The molecule has 0 aliphatic carbocycles. The topological polar surface area (TPSA) is 95.9 Å². The third-order valence-corrected chi connectivity index (χ3v) is 14.1.